The lowest BCUT2D eigenvalue weighted by molar-refractivity contribution is 0.0729. The Morgan fingerprint density at radius 2 is 1.63 bits per heavy atom. The monoisotopic (exact) mass is 537 g/mol. The fourth-order valence-electron chi connectivity index (χ4n) is 4.50. The molecular formula is C23H27N3O6S3. The summed E-state index contributed by atoms with van der Waals surface area (Å²) in [5.41, 5.74) is 0.974. The molecule has 0 N–H and O–H groups in total. The summed E-state index contributed by atoms with van der Waals surface area (Å²) in [6.07, 6.45) is 1.36. The highest BCUT2D eigenvalue weighted by molar-refractivity contribution is 7.89. The van der Waals surface area contributed by atoms with Gasteiger partial charge in [-0.1, -0.05) is 12.1 Å². The number of piperidine rings is 1. The van der Waals surface area contributed by atoms with Gasteiger partial charge in [0.15, 0.2) is 0 Å². The molecule has 1 aromatic heterocycles. The number of ether oxygens (including phenoxy) is 2. The van der Waals surface area contributed by atoms with Crippen LogP contribution in [-0.2, 0) is 24.8 Å². The number of hydrogen-bond donors (Lipinski definition) is 0. The molecule has 2 saturated heterocycles. The van der Waals surface area contributed by atoms with Gasteiger partial charge in [0.05, 0.1) is 40.4 Å². The number of para-hydroxylation sites is 1. The number of nitrogens with zero attached hydrogens (tertiary/aromatic N) is 3. The van der Waals surface area contributed by atoms with Crippen LogP contribution in [0.3, 0.4) is 0 Å². The summed E-state index contributed by atoms with van der Waals surface area (Å²) in [6, 6.07) is 12.0. The average Bonchev–Trinajstić information content (AvgIpc) is 3.33. The van der Waals surface area contributed by atoms with Crippen LogP contribution in [0.4, 0.5) is 0 Å². The zero-order valence-electron chi connectivity index (χ0n) is 19.3. The van der Waals surface area contributed by atoms with Crippen LogP contribution >= 0.6 is 11.3 Å². The van der Waals surface area contributed by atoms with Gasteiger partial charge in [0, 0.05) is 38.2 Å². The van der Waals surface area contributed by atoms with Crippen molar-refractivity contribution in [3.63, 3.8) is 0 Å². The summed E-state index contributed by atoms with van der Waals surface area (Å²) >= 11 is 1.67. The van der Waals surface area contributed by atoms with E-state index in [-0.39, 0.29) is 34.5 Å². The van der Waals surface area contributed by atoms with E-state index in [1.165, 1.54) is 33.9 Å². The number of thiazole rings is 1. The second-order valence-electron chi connectivity index (χ2n) is 8.53. The largest absolute Gasteiger partial charge is 0.495 e. The molecule has 188 valence electrons. The molecule has 0 aliphatic carbocycles. The predicted octanol–water partition coefficient (Wildman–Crippen LogP) is 2.89. The summed E-state index contributed by atoms with van der Waals surface area (Å²) in [6.45, 7) is 1.88. The van der Waals surface area contributed by atoms with Gasteiger partial charge < -0.3 is 9.47 Å². The van der Waals surface area contributed by atoms with E-state index < -0.39 is 20.0 Å². The third-order valence-electron chi connectivity index (χ3n) is 6.47. The van der Waals surface area contributed by atoms with Gasteiger partial charge >= 0.3 is 0 Å². The van der Waals surface area contributed by atoms with Crippen molar-refractivity contribution in [1.29, 1.82) is 0 Å². The van der Waals surface area contributed by atoms with Gasteiger partial charge in [-0.15, -0.1) is 11.3 Å². The molecular weight excluding hydrogens is 510 g/mol. The molecule has 5 rings (SSSR count). The highest BCUT2D eigenvalue weighted by Crippen LogP contribution is 2.36. The number of fused-ring (bicyclic) bond motifs is 1. The quantitative estimate of drug-likeness (QED) is 0.476. The van der Waals surface area contributed by atoms with Crippen LogP contribution in [0, 0.1) is 0 Å². The van der Waals surface area contributed by atoms with E-state index in [2.05, 4.69) is 0 Å². The van der Waals surface area contributed by atoms with Crippen molar-refractivity contribution in [1.82, 2.24) is 13.6 Å². The van der Waals surface area contributed by atoms with Gasteiger partial charge in [0.1, 0.15) is 10.6 Å². The van der Waals surface area contributed by atoms with Crippen LogP contribution in [0.5, 0.6) is 5.75 Å². The van der Waals surface area contributed by atoms with Crippen molar-refractivity contribution >= 4 is 41.6 Å². The molecule has 2 aliphatic rings. The van der Waals surface area contributed by atoms with Crippen molar-refractivity contribution in [3.8, 4) is 5.75 Å². The molecule has 0 amide bonds. The molecule has 3 heterocycles. The van der Waals surface area contributed by atoms with E-state index in [4.69, 9.17) is 14.5 Å². The molecule has 0 radical (unpaired) electrons. The molecule has 0 bridgehead atoms. The SMILES string of the molecule is COc1cc(S(=O)(=O)N2CCC(c3nc4ccccc4s3)CC2)ccc1S(=O)(=O)N1CCOCC1. The summed E-state index contributed by atoms with van der Waals surface area (Å²) < 4.78 is 67.4. The van der Waals surface area contributed by atoms with Gasteiger partial charge in [-0.2, -0.15) is 8.61 Å². The minimum Gasteiger partial charge on any atom is -0.495 e. The minimum atomic E-state index is -3.83. The highest BCUT2D eigenvalue weighted by Gasteiger charge is 2.34. The van der Waals surface area contributed by atoms with Crippen LogP contribution in [0.2, 0.25) is 0 Å². The van der Waals surface area contributed by atoms with Crippen molar-refractivity contribution in [2.24, 2.45) is 0 Å². The van der Waals surface area contributed by atoms with Crippen molar-refractivity contribution in [2.45, 2.75) is 28.6 Å². The maximum Gasteiger partial charge on any atom is 0.246 e. The Bertz CT molecular complexity index is 1390. The molecule has 0 atom stereocenters. The maximum atomic E-state index is 13.4. The zero-order chi connectivity index (χ0) is 24.6. The van der Waals surface area contributed by atoms with E-state index >= 15 is 0 Å². The summed E-state index contributed by atoms with van der Waals surface area (Å²) in [4.78, 5) is 4.72. The number of sulfonamides is 2. The van der Waals surface area contributed by atoms with Crippen molar-refractivity contribution < 1.29 is 26.3 Å². The fourth-order valence-corrected chi connectivity index (χ4v) is 8.67. The Morgan fingerprint density at radius 3 is 2.31 bits per heavy atom. The molecule has 35 heavy (non-hydrogen) atoms. The van der Waals surface area contributed by atoms with E-state index in [0.29, 0.717) is 39.1 Å². The van der Waals surface area contributed by atoms with Crippen LogP contribution in [0.1, 0.15) is 23.8 Å². The van der Waals surface area contributed by atoms with Crippen LogP contribution in [0.25, 0.3) is 10.2 Å². The van der Waals surface area contributed by atoms with Gasteiger partial charge in [0.25, 0.3) is 0 Å². The molecule has 0 unspecified atom stereocenters. The average molecular weight is 538 g/mol. The van der Waals surface area contributed by atoms with Gasteiger partial charge in [-0.3, -0.25) is 0 Å². The van der Waals surface area contributed by atoms with E-state index in [1.807, 2.05) is 24.3 Å². The van der Waals surface area contributed by atoms with Crippen molar-refractivity contribution in [3.05, 3.63) is 47.5 Å². The normalized spacial score (nSPS) is 19.2. The number of morpholine rings is 1. The molecule has 3 aromatic rings. The van der Waals surface area contributed by atoms with Crippen LogP contribution < -0.4 is 4.74 Å². The first-order valence-electron chi connectivity index (χ1n) is 11.4. The Kier molecular flexibility index (Phi) is 6.85. The topological polar surface area (TPSA) is 106 Å². The highest BCUT2D eigenvalue weighted by atomic mass is 32.2. The first-order valence-corrected chi connectivity index (χ1v) is 15.1. The standard InChI is InChI=1S/C23H27N3O6S3/c1-31-20-16-18(6-7-22(20)35(29,30)26-12-14-32-15-13-26)34(27,28)25-10-8-17(9-11-25)23-24-19-4-2-3-5-21(19)33-23/h2-7,16-17H,8-15H2,1H3. The van der Waals surface area contributed by atoms with Crippen LogP contribution in [0.15, 0.2) is 52.3 Å². The van der Waals surface area contributed by atoms with Gasteiger partial charge in [-0.05, 0) is 37.1 Å². The van der Waals surface area contributed by atoms with Gasteiger partial charge in [0.2, 0.25) is 20.0 Å². The van der Waals surface area contributed by atoms with E-state index in [0.717, 1.165) is 15.2 Å². The molecule has 2 fully saturated rings. The number of methoxy groups -OCH3 is 1. The molecule has 0 saturated carbocycles. The maximum absolute atomic E-state index is 13.4. The summed E-state index contributed by atoms with van der Waals surface area (Å²) in [5.74, 6) is 0.233. The minimum absolute atomic E-state index is 0.0157. The zero-order valence-corrected chi connectivity index (χ0v) is 21.7. The molecule has 9 nitrogen and oxygen atoms in total. The third-order valence-corrected chi connectivity index (χ3v) is 11.5. The lowest BCUT2D eigenvalue weighted by atomic mass is 9.99. The molecule has 2 aromatic carbocycles. The Hall–Kier alpha value is -2.09. The lowest BCUT2D eigenvalue weighted by Crippen LogP contribution is -2.40. The second-order valence-corrected chi connectivity index (χ2v) is 13.4. The number of hydrogen-bond acceptors (Lipinski definition) is 8. The number of rotatable bonds is 6. The number of aromatic nitrogens is 1. The smallest absolute Gasteiger partial charge is 0.246 e. The Labute approximate surface area is 209 Å². The van der Waals surface area contributed by atoms with E-state index in [1.54, 1.807) is 11.3 Å². The summed E-state index contributed by atoms with van der Waals surface area (Å²) in [7, 11) is -6.29. The molecule has 0 spiro atoms. The number of benzene rings is 2. The second kappa shape index (κ2) is 9.75. The first kappa shape index (κ1) is 24.6. The lowest BCUT2D eigenvalue weighted by Gasteiger charge is -2.30. The van der Waals surface area contributed by atoms with Crippen LogP contribution in [-0.4, -0.2) is 76.9 Å². The van der Waals surface area contributed by atoms with Crippen molar-refractivity contribution in [2.75, 3.05) is 46.5 Å². The third kappa shape index (κ3) is 4.70. The van der Waals surface area contributed by atoms with Gasteiger partial charge in [-0.25, -0.2) is 21.8 Å². The molecule has 2 aliphatic heterocycles. The Morgan fingerprint density at radius 1 is 0.943 bits per heavy atom. The van der Waals surface area contributed by atoms with E-state index in [9.17, 15) is 16.8 Å². The fraction of sp³-hybridized carbons (Fsp3) is 0.435. The Balaban J connectivity index is 1.34. The molecule has 12 heteroatoms. The predicted molar refractivity (Wildman–Crippen MR) is 133 cm³/mol. The first-order chi connectivity index (χ1) is 16.8. The summed E-state index contributed by atoms with van der Waals surface area (Å²) in [5, 5.41) is 1.04.